The Kier molecular flexibility index (Phi) is 8.51. The van der Waals surface area contributed by atoms with Gasteiger partial charge in [-0.1, -0.05) is 48.0 Å². The van der Waals surface area contributed by atoms with Gasteiger partial charge >= 0.3 is 0 Å². The number of carbonyl (C=O) groups excluding carboxylic acids is 2. The van der Waals surface area contributed by atoms with Crippen LogP contribution in [0.25, 0.3) is 11.0 Å². The predicted molar refractivity (Wildman–Crippen MR) is 165 cm³/mol. The number of amides is 1. The van der Waals surface area contributed by atoms with Gasteiger partial charge in [-0.25, -0.2) is 9.97 Å². The summed E-state index contributed by atoms with van der Waals surface area (Å²) in [5.41, 5.74) is 1.26. The number of likely N-dealkylation sites (tertiary alicyclic amines) is 1. The number of aromatic nitrogens is 3. The minimum absolute atomic E-state index is 0.0269. The van der Waals surface area contributed by atoms with Crippen LogP contribution in [0.2, 0.25) is 5.02 Å². The standard InChI is InChI=1S/C33H30ClN5O4/c34-28-17-25(43-24-12-5-2-6-13-24)14-15-26(28)31(41)27-18-35-32-30(27)33(37-21-36-32)38-22-9-7-8-16-39(19-22)29(40)20-42-23-10-3-1-4-11-23/h1-6,10-15,17-18,21-22H,7-9,16,19-20H2,(H2,35,36,37,38). The molecule has 1 atom stereocenters. The topological polar surface area (TPSA) is 109 Å². The molecular formula is C33H30ClN5O4. The highest BCUT2D eigenvalue weighted by Gasteiger charge is 2.25. The summed E-state index contributed by atoms with van der Waals surface area (Å²) in [6.07, 6.45) is 5.76. The lowest BCUT2D eigenvalue weighted by Crippen LogP contribution is -2.41. The molecule has 9 nitrogen and oxygen atoms in total. The van der Waals surface area contributed by atoms with E-state index in [1.165, 1.54) is 6.33 Å². The van der Waals surface area contributed by atoms with Crippen molar-refractivity contribution in [1.82, 2.24) is 19.9 Å². The molecule has 2 aromatic heterocycles. The van der Waals surface area contributed by atoms with E-state index in [0.29, 0.717) is 58.3 Å². The molecular weight excluding hydrogens is 566 g/mol. The second-order valence-electron chi connectivity index (χ2n) is 10.3. The fourth-order valence-electron chi connectivity index (χ4n) is 5.20. The predicted octanol–water partition coefficient (Wildman–Crippen LogP) is 6.51. The average Bonchev–Trinajstić information content (AvgIpc) is 3.33. The van der Waals surface area contributed by atoms with Gasteiger partial charge in [-0.05, 0) is 55.7 Å². The van der Waals surface area contributed by atoms with Gasteiger partial charge in [-0.15, -0.1) is 0 Å². The molecule has 0 bridgehead atoms. The Morgan fingerprint density at radius 1 is 0.930 bits per heavy atom. The van der Waals surface area contributed by atoms with Gasteiger partial charge in [0.2, 0.25) is 0 Å². The molecule has 10 heteroatoms. The zero-order valence-electron chi connectivity index (χ0n) is 23.3. The van der Waals surface area contributed by atoms with Crippen molar-refractivity contribution in [2.24, 2.45) is 0 Å². The third-order valence-electron chi connectivity index (χ3n) is 7.35. The number of H-pyrrole nitrogens is 1. The highest BCUT2D eigenvalue weighted by Crippen LogP contribution is 2.32. The lowest BCUT2D eigenvalue weighted by molar-refractivity contribution is -0.133. The molecule has 1 fully saturated rings. The van der Waals surface area contributed by atoms with Gasteiger partial charge in [0.25, 0.3) is 5.91 Å². The molecule has 1 unspecified atom stereocenters. The monoisotopic (exact) mass is 595 g/mol. The molecule has 5 aromatic rings. The van der Waals surface area contributed by atoms with E-state index < -0.39 is 0 Å². The van der Waals surface area contributed by atoms with E-state index in [2.05, 4.69) is 20.3 Å². The fourth-order valence-corrected chi connectivity index (χ4v) is 5.45. The molecule has 1 aliphatic rings. The minimum Gasteiger partial charge on any atom is -0.484 e. The number of aromatic amines is 1. The van der Waals surface area contributed by atoms with Crippen molar-refractivity contribution >= 4 is 40.1 Å². The third-order valence-corrected chi connectivity index (χ3v) is 7.66. The maximum absolute atomic E-state index is 13.7. The van der Waals surface area contributed by atoms with Gasteiger partial charge in [-0.3, -0.25) is 9.59 Å². The molecule has 0 saturated carbocycles. The van der Waals surface area contributed by atoms with Crippen LogP contribution in [0.5, 0.6) is 17.2 Å². The van der Waals surface area contributed by atoms with Crippen LogP contribution >= 0.6 is 11.6 Å². The first-order chi connectivity index (χ1) is 21.0. The summed E-state index contributed by atoms with van der Waals surface area (Å²) in [5.74, 6) is 2.04. The smallest absolute Gasteiger partial charge is 0.260 e. The van der Waals surface area contributed by atoms with Crippen LogP contribution in [0.15, 0.2) is 91.4 Å². The fraction of sp³-hybridized carbons (Fsp3) is 0.212. The lowest BCUT2D eigenvalue weighted by atomic mass is 10.0. The number of fused-ring (bicyclic) bond motifs is 1. The molecule has 1 amide bonds. The Labute approximate surface area is 253 Å². The van der Waals surface area contributed by atoms with E-state index in [0.717, 1.165) is 19.3 Å². The lowest BCUT2D eigenvalue weighted by Gasteiger charge is -2.25. The maximum atomic E-state index is 13.7. The highest BCUT2D eigenvalue weighted by molar-refractivity contribution is 6.35. The van der Waals surface area contributed by atoms with Crippen molar-refractivity contribution in [2.75, 3.05) is 25.0 Å². The number of anilines is 1. The zero-order chi connectivity index (χ0) is 29.6. The summed E-state index contributed by atoms with van der Waals surface area (Å²) < 4.78 is 11.6. The number of benzene rings is 3. The minimum atomic E-state index is -0.268. The van der Waals surface area contributed by atoms with Gasteiger partial charge in [0.1, 0.15) is 35.0 Å². The Balaban J connectivity index is 1.19. The second kappa shape index (κ2) is 13.0. The Morgan fingerprint density at radius 3 is 2.47 bits per heavy atom. The van der Waals surface area contributed by atoms with E-state index >= 15 is 0 Å². The van der Waals surface area contributed by atoms with Crippen LogP contribution in [0, 0.1) is 0 Å². The van der Waals surface area contributed by atoms with Crippen LogP contribution in [-0.2, 0) is 4.79 Å². The molecule has 0 radical (unpaired) electrons. The van der Waals surface area contributed by atoms with Crippen molar-refractivity contribution in [3.8, 4) is 17.2 Å². The van der Waals surface area contributed by atoms with Crippen LogP contribution < -0.4 is 14.8 Å². The molecule has 2 N–H and O–H groups in total. The molecule has 43 heavy (non-hydrogen) atoms. The van der Waals surface area contributed by atoms with Crippen molar-refractivity contribution in [2.45, 2.75) is 25.3 Å². The summed E-state index contributed by atoms with van der Waals surface area (Å²) in [6.45, 7) is 1.12. The van der Waals surface area contributed by atoms with E-state index in [9.17, 15) is 9.59 Å². The summed E-state index contributed by atoms with van der Waals surface area (Å²) >= 11 is 6.58. The highest BCUT2D eigenvalue weighted by atomic mass is 35.5. The van der Waals surface area contributed by atoms with Gasteiger partial charge < -0.3 is 24.7 Å². The van der Waals surface area contributed by atoms with Crippen LogP contribution in [-0.4, -0.2) is 57.3 Å². The Morgan fingerprint density at radius 2 is 1.70 bits per heavy atom. The van der Waals surface area contributed by atoms with Gasteiger partial charge in [0.05, 0.1) is 16.0 Å². The van der Waals surface area contributed by atoms with Crippen molar-refractivity contribution in [3.63, 3.8) is 0 Å². The molecule has 0 spiro atoms. The number of halogens is 1. The van der Waals surface area contributed by atoms with E-state index in [1.807, 2.05) is 65.6 Å². The normalized spacial score (nSPS) is 15.1. The Bertz CT molecular complexity index is 1730. The van der Waals surface area contributed by atoms with Crippen molar-refractivity contribution < 1.29 is 19.1 Å². The molecule has 3 heterocycles. The summed E-state index contributed by atoms with van der Waals surface area (Å²) in [5, 5.41) is 4.34. The molecule has 3 aromatic carbocycles. The summed E-state index contributed by atoms with van der Waals surface area (Å²) in [7, 11) is 0. The molecule has 1 aliphatic heterocycles. The number of nitrogens with zero attached hydrogens (tertiary/aromatic N) is 3. The number of ketones is 1. The second-order valence-corrected chi connectivity index (χ2v) is 10.7. The third kappa shape index (κ3) is 6.62. The average molecular weight is 596 g/mol. The summed E-state index contributed by atoms with van der Waals surface area (Å²) in [4.78, 5) is 40.5. The first-order valence-electron chi connectivity index (χ1n) is 14.2. The number of nitrogens with one attached hydrogen (secondary N) is 2. The number of hydrogen-bond donors (Lipinski definition) is 2. The SMILES string of the molecule is O=C(c1ccc(Oc2ccccc2)cc1Cl)c1c[nH]c2ncnc(NC3CCCCN(C(=O)COc4ccccc4)C3)c12. The molecule has 6 rings (SSSR count). The van der Waals surface area contributed by atoms with Crippen LogP contribution in [0.1, 0.15) is 35.2 Å². The first-order valence-corrected chi connectivity index (χ1v) is 14.5. The molecule has 218 valence electrons. The van der Waals surface area contributed by atoms with Crippen LogP contribution in [0.3, 0.4) is 0 Å². The van der Waals surface area contributed by atoms with E-state index in [1.54, 1.807) is 24.4 Å². The summed E-state index contributed by atoms with van der Waals surface area (Å²) in [6, 6.07) is 23.6. The first kappa shape index (κ1) is 28.2. The zero-order valence-corrected chi connectivity index (χ0v) is 24.1. The molecule has 0 aliphatic carbocycles. The van der Waals surface area contributed by atoms with Crippen molar-refractivity contribution in [3.05, 3.63) is 108 Å². The van der Waals surface area contributed by atoms with Crippen molar-refractivity contribution in [1.29, 1.82) is 0 Å². The number of carbonyl (C=O) groups is 2. The van der Waals surface area contributed by atoms with Gasteiger partial charge in [0, 0.05) is 37.0 Å². The van der Waals surface area contributed by atoms with Gasteiger partial charge in [0.15, 0.2) is 12.4 Å². The van der Waals surface area contributed by atoms with Gasteiger partial charge in [-0.2, -0.15) is 0 Å². The van der Waals surface area contributed by atoms with Crippen LogP contribution in [0.4, 0.5) is 5.82 Å². The molecule has 1 saturated heterocycles. The Hall–Kier alpha value is -4.89. The number of rotatable bonds is 9. The number of para-hydroxylation sites is 2. The maximum Gasteiger partial charge on any atom is 0.260 e. The van der Waals surface area contributed by atoms with E-state index in [4.69, 9.17) is 21.1 Å². The largest absolute Gasteiger partial charge is 0.484 e. The quantitative estimate of drug-likeness (QED) is 0.187. The van der Waals surface area contributed by atoms with E-state index in [-0.39, 0.29) is 29.4 Å². The number of ether oxygens (including phenoxy) is 2. The number of hydrogen-bond acceptors (Lipinski definition) is 7.